The smallest absolute Gasteiger partial charge is 0.315 e. The van der Waals surface area contributed by atoms with Crippen molar-refractivity contribution in [2.24, 2.45) is 0 Å². The van der Waals surface area contributed by atoms with Gasteiger partial charge >= 0.3 is 6.03 Å². The molecule has 19 heavy (non-hydrogen) atoms. The van der Waals surface area contributed by atoms with Crippen LogP contribution in [0.4, 0.5) is 4.79 Å². The lowest BCUT2D eigenvalue weighted by Crippen LogP contribution is -2.57. The van der Waals surface area contributed by atoms with Gasteiger partial charge in [-0.1, -0.05) is 25.7 Å². The molecule has 0 aromatic carbocycles. The van der Waals surface area contributed by atoms with Crippen LogP contribution in [0.3, 0.4) is 0 Å². The van der Waals surface area contributed by atoms with Crippen LogP contribution in [0.5, 0.6) is 0 Å². The second-order valence-electron chi connectivity index (χ2n) is 5.91. The van der Waals surface area contributed by atoms with Gasteiger partial charge in [-0.25, -0.2) is 4.79 Å². The lowest BCUT2D eigenvalue weighted by molar-refractivity contribution is 0.0443. The van der Waals surface area contributed by atoms with Crippen LogP contribution in [0.2, 0.25) is 0 Å². The molecule has 0 heterocycles. The summed E-state index contributed by atoms with van der Waals surface area (Å²) in [6, 6.07) is -0.0687. The van der Waals surface area contributed by atoms with Crippen molar-refractivity contribution in [1.82, 2.24) is 10.6 Å². The number of rotatable bonds is 4. The number of hydrogen-bond acceptors (Lipinski definition) is 3. The van der Waals surface area contributed by atoms with Crippen LogP contribution < -0.4 is 10.6 Å². The highest BCUT2D eigenvalue weighted by Gasteiger charge is 2.35. The molecule has 2 saturated carbocycles. The predicted octanol–water partition coefficient (Wildman–Crippen LogP) is 1.55. The maximum atomic E-state index is 12.1. The fraction of sp³-hybridized carbons (Fsp3) is 0.929. The standard InChI is InChI=1S/C14H26N2O3/c1-19-12-7-3-2-6-11(12)15-13(18)16-14(10-17)8-4-5-9-14/h11-12,17H,2-10H2,1H3,(H2,15,16,18). The van der Waals surface area contributed by atoms with E-state index in [0.29, 0.717) is 0 Å². The number of hydrogen-bond donors (Lipinski definition) is 3. The normalized spacial score (nSPS) is 30.0. The molecular weight excluding hydrogens is 244 g/mol. The Bertz CT molecular complexity index is 303. The van der Waals surface area contributed by atoms with Crippen LogP contribution in [-0.2, 0) is 4.74 Å². The number of ether oxygens (including phenoxy) is 1. The summed E-state index contributed by atoms with van der Waals surface area (Å²) in [5.41, 5.74) is -0.401. The molecular formula is C14H26N2O3. The lowest BCUT2D eigenvalue weighted by Gasteiger charge is -2.33. The first-order valence-corrected chi connectivity index (χ1v) is 7.41. The van der Waals surface area contributed by atoms with Gasteiger partial charge in [-0.15, -0.1) is 0 Å². The molecule has 0 aromatic heterocycles. The lowest BCUT2D eigenvalue weighted by atomic mass is 9.92. The number of aliphatic hydroxyl groups is 1. The monoisotopic (exact) mass is 270 g/mol. The second kappa shape index (κ2) is 6.57. The minimum atomic E-state index is -0.401. The van der Waals surface area contributed by atoms with Gasteiger partial charge in [0.2, 0.25) is 0 Å². The van der Waals surface area contributed by atoms with Crippen molar-refractivity contribution in [2.45, 2.75) is 69.1 Å². The summed E-state index contributed by atoms with van der Waals surface area (Å²) >= 11 is 0. The molecule has 2 rings (SSSR count). The Morgan fingerprint density at radius 1 is 1.26 bits per heavy atom. The molecule has 5 nitrogen and oxygen atoms in total. The molecule has 0 aromatic rings. The van der Waals surface area contributed by atoms with Crippen molar-refractivity contribution in [3.8, 4) is 0 Å². The van der Waals surface area contributed by atoms with Crippen molar-refractivity contribution in [3.05, 3.63) is 0 Å². The number of nitrogens with one attached hydrogen (secondary N) is 2. The van der Waals surface area contributed by atoms with Crippen molar-refractivity contribution in [2.75, 3.05) is 13.7 Å². The highest BCUT2D eigenvalue weighted by molar-refractivity contribution is 5.75. The third kappa shape index (κ3) is 3.60. The highest BCUT2D eigenvalue weighted by Crippen LogP contribution is 2.29. The summed E-state index contributed by atoms with van der Waals surface area (Å²) in [6.45, 7) is 0.0266. The first-order chi connectivity index (χ1) is 9.19. The zero-order valence-corrected chi connectivity index (χ0v) is 11.8. The van der Waals surface area contributed by atoms with Crippen molar-refractivity contribution in [1.29, 1.82) is 0 Å². The van der Waals surface area contributed by atoms with Crippen molar-refractivity contribution in [3.63, 3.8) is 0 Å². The molecule has 3 N–H and O–H groups in total. The molecule has 2 amide bonds. The number of methoxy groups -OCH3 is 1. The maximum absolute atomic E-state index is 12.1. The summed E-state index contributed by atoms with van der Waals surface area (Å²) in [4.78, 5) is 12.1. The topological polar surface area (TPSA) is 70.6 Å². The molecule has 2 atom stereocenters. The van der Waals surface area contributed by atoms with E-state index >= 15 is 0 Å². The van der Waals surface area contributed by atoms with Crippen LogP contribution in [0.15, 0.2) is 0 Å². The number of carbonyl (C=O) groups is 1. The molecule has 2 fully saturated rings. The van der Waals surface area contributed by atoms with Crippen LogP contribution in [0.1, 0.15) is 51.4 Å². The average Bonchev–Trinajstić information content (AvgIpc) is 2.88. The molecule has 2 aliphatic rings. The van der Waals surface area contributed by atoms with E-state index in [9.17, 15) is 9.90 Å². The number of urea groups is 1. The van der Waals surface area contributed by atoms with Crippen LogP contribution >= 0.6 is 0 Å². The molecule has 0 bridgehead atoms. The van der Waals surface area contributed by atoms with E-state index in [1.165, 1.54) is 6.42 Å². The van der Waals surface area contributed by atoms with E-state index in [-0.39, 0.29) is 24.8 Å². The number of carbonyl (C=O) groups excluding carboxylic acids is 1. The Morgan fingerprint density at radius 2 is 1.95 bits per heavy atom. The SMILES string of the molecule is COC1CCCCC1NC(=O)NC1(CO)CCCC1. The molecule has 5 heteroatoms. The second-order valence-corrected chi connectivity index (χ2v) is 5.91. The Labute approximate surface area is 115 Å². The van der Waals surface area contributed by atoms with E-state index in [4.69, 9.17) is 4.74 Å². The Morgan fingerprint density at radius 3 is 2.58 bits per heavy atom. The Balaban J connectivity index is 1.86. The first kappa shape index (κ1) is 14.6. The molecule has 110 valence electrons. The quantitative estimate of drug-likeness (QED) is 0.726. The van der Waals surface area contributed by atoms with Gasteiger partial charge in [0, 0.05) is 7.11 Å². The summed E-state index contributed by atoms with van der Waals surface area (Å²) < 4.78 is 5.43. The zero-order valence-electron chi connectivity index (χ0n) is 11.8. The van der Waals surface area contributed by atoms with Crippen molar-refractivity contribution < 1.29 is 14.6 Å². The Kier molecular flexibility index (Phi) is 5.05. The summed E-state index contributed by atoms with van der Waals surface area (Å²) in [5, 5.41) is 15.5. The minimum absolute atomic E-state index is 0.0266. The van der Waals surface area contributed by atoms with Crippen molar-refractivity contribution >= 4 is 6.03 Å². The fourth-order valence-corrected chi connectivity index (χ4v) is 3.36. The molecule has 0 spiro atoms. The molecule has 2 aliphatic carbocycles. The average molecular weight is 270 g/mol. The number of aliphatic hydroxyl groups excluding tert-OH is 1. The van der Waals surface area contributed by atoms with E-state index in [1.807, 2.05) is 0 Å². The van der Waals surface area contributed by atoms with Crippen LogP contribution in [0, 0.1) is 0 Å². The highest BCUT2D eigenvalue weighted by atomic mass is 16.5. The van der Waals surface area contributed by atoms with Gasteiger partial charge in [0.05, 0.1) is 24.3 Å². The summed E-state index contributed by atoms with van der Waals surface area (Å²) in [5.74, 6) is 0. The molecule has 0 radical (unpaired) electrons. The van der Waals surface area contributed by atoms with Gasteiger partial charge in [0.25, 0.3) is 0 Å². The van der Waals surface area contributed by atoms with Crippen LogP contribution in [-0.4, -0.2) is 42.5 Å². The minimum Gasteiger partial charge on any atom is -0.394 e. The van der Waals surface area contributed by atoms with E-state index in [2.05, 4.69) is 10.6 Å². The molecule has 2 unspecified atom stereocenters. The maximum Gasteiger partial charge on any atom is 0.315 e. The van der Waals surface area contributed by atoms with Gasteiger partial charge in [0.15, 0.2) is 0 Å². The molecule has 0 aliphatic heterocycles. The fourth-order valence-electron chi connectivity index (χ4n) is 3.36. The zero-order chi connectivity index (χ0) is 13.7. The largest absolute Gasteiger partial charge is 0.394 e. The van der Waals surface area contributed by atoms with Gasteiger partial charge in [-0.05, 0) is 25.7 Å². The van der Waals surface area contributed by atoms with Gasteiger partial charge in [0.1, 0.15) is 0 Å². The summed E-state index contributed by atoms with van der Waals surface area (Å²) in [7, 11) is 1.70. The van der Waals surface area contributed by atoms with E-state index < -0.39 is 5.54 Å². The number of amides is 2. The van der Waals surface area contributed by atoms with Gasteiger partial charge in [-0.3, -0.25) is 0 Å². The van der Waals surface area contributed by atoms with Gasteiger partial charge < -0.3 is 20.5 Å². The first-order valence-electron chi connectivity index (χ1n) is 7.41. The third-order valence-electron chi connectivity index (χ3n) is 4.56. The molecule has 0 saturated heterocycles. The van der Waals surface area contributed by atoms with Crippen LogP contribution in [0.25, 0.3) is 0 Å². The van der Waals surface area contributed by atoms with E-state index in [1.54, 1.807) is 7.11 Å². The van der Waals surface area contributed by atoms with Gasteiger partial charge in [-0.2, -0.15) is 0 Å². The summed E-state index contributed by atoms with van der Waals surface area (Å²) in [6.07, 6.45) is 8.29. The third-order valence-corrected chi connectivity index (χ3v) is 4.56. The Hall–Kier alpha value is -0.810. The van der Waals surface area contributed by atoms with E-state index in [0.717, 1.165) is 44.9 Å². The predicted molar refractivity (Wildman–Crippen MR) is 73.0 cm³/mol.